The Morgan fingerprint density at radius 2 is 1.88 bits per heavy atom. The highest BCUT2D eigenvalue weighted by Gasteiger charge is 2.22. The van der Waals surface area contributed by atoms with Crippen molar-refractivity contribution < 1.29 is 18.7 Å². The van der Waals surface area contributed by atoms with E-state index in [-0.39, 0.29) is 23.0 Å². The fourth-order valence-electron chi connectivity index (χ4n) is 2.96. The van der Waals surface area contributed by atoms with Crippen molar-refractivity contribution in [2.45, 2.75) is 20.0 Å². The number of halogens is 2. The summed E-state index contributed by atoms with van der Waals surface area (Å²) in [7, 11) is 0. The first-order chi connectivity index (χ1) is 12.4. The minimum Gasteiger partial charge on any atom is -0.477 e. The van der Waals surface area contributed by atoms with Gasteiger partial charge in [-0.1, -0.05) is 24.3 Å². The number of carbonyl (C=O) groups is 1. The molecule has 7 heteroatoms. The van der Waals surface area contributed by atoms with Crippen LogP contribution in [0.25, 0.3) is 22.0 Å². The van der Waals surface area contributed by atoms with E-state index >= 15 is 4.39 Å². The number of carboxylic acids is 1. The predicted molar refractivity (Wildman–Crippen MR) is 94.1 cm³/mol. The Morgan fingerprint density at radius 3 is 2.42 bits per heavy atom. The Labute approximate surface area is 147 Å². The van der Waals surface area contributed by atoms with Crippen molar-refractivity contribution in [1.82, 2.24) is 4.57 Å². The molecule has 0 radical (unpaired) electrons. The second-order valence-corrected chi connectivity index (χ2v) is 5.81. The van der Waals surface area contributed by atoms with E-state index in [4.69, 9.17) is 10.8 Å². The standard InChI is InChI=1S/C19H16F2N2O3/c1-2-23-9-13(19(25)26)18(24)12-7-14(20)15(16(21)17(12)23)11-5-3-10(8-22)4-6-11/h3-7,9H,2,8,22H2,1H3,(H,25,26). The third-order valence-electron chi connectivity index (χ3n) is 4.30. The molecule has 0 aliphatic heterocycles. The van der Waals surface area contributed by atoms with Crippen molar-refractivity contribution in [2.24, 2.45) is 5.73 Å². The zero-order valence-corrected chi connectivity index (χ0v) is 13.9. The third-order valence-corrected chi connectivity index (χ3v) is 4.30. The van der Waals surface area contributed by atoms with Gasteiger partial charge in [0, 0.05) is 19.3 Å². The number of aryl methyl sites for hydroxylation is 1. The van der Waals surface area contributed by atoms with Crippen molar-refractivity contribution in [3.8, 4) is 11.1 Å². The number of fused-ring (bicyclic) bond motifs is 1. The van der Waals surface area contributed by atoms with Gasteiger partial charge in [-0.05, 0) is 24.1 Å². The molecule has 1 heterocycles. The van der Waals surface area contributed by atoms with Gasteiger partial charge in [-0.25, -0.2) is 13.6 Å². The minimum atomic E-state index is -1.44. The summed E-state index contributed by atoms with van der Waals surface area (Å²) in [5, 5.41) is 8.85. The summed E-state index contributed by atoms with van der Waals surface area (Å²) in [6, 6.07) is 7.33. The summed E-state index contributed by atoms with van der Waals surface area (Å²) < 4.78 is 31.1. The number of aromatic carboxylic acids is 1. The average Bonchev–Trinajstić information content (AvgIpc) is 2.62. The smallest absolute Gasteiger partial charge is 0.341 e. The molecular weight excluding hydrogens is 342 g/mol. The van der Waals surface area contributed by atoms with Gasteiger partial charge in [0.25, 0.3) is 0 Å². The van der Waals surface area contributed by atoms with Crippen LogP contribution in [0.3, 0.4) is 0 Å². The highest BCUT2D eigenvalue weighted by Crippen LogP contribution is 2.31. The maximum atomic E-state index is 15.2. The van der Waals surface area contributed by atoms with Gasteiger partial charge in [0.15, 0.2) is 5.82 Å². The summed E-state index contributed by atoms with van der Waals surface area (Å²) in [4.78, 5) is 23.6. The quantitative estimate of drug-likeness (QED) is 0.750. The van der Waals surface area contributed by atoms with Gasteiger partial charge in [-0.3, -0.25) is 4.79 Å². The van der Waals surface area contributed by atoms with Gasteiger partial charge in [-0.15, -0.1) is 0 Å². The molecule has 0 amide bonds. The SMILES string of the molecule is CCn1cc(C(=O)O)c(=O)c2cc(F)c(-c3ccc(CN)cc3)c(F)c21. The van der Waals surface area contributed by atoms with Crippen LogP contribution in [0.1, 0.15) is 22.8 Å². The van der Waals surface area contributed by atoms with Crippen molar-refractivity contribution in [2.75, 3.05) is 0 Å². The Balaban J connectivity index is 2.39. The van der Waals surface area contributed by atoms with Crippen molar-refractivity contribution >= 4 is 16.9 Å². The van der Waals surface area contributed by atoms with Crippen LogP contribution in [-0.2, 0) is 13.1 Å². The van der Waals surface area contributed by atoms with Gasteiger partial charge in [0.05, 0.1) is 16.5 Å². The molecule has 0 aliphatic carbocycles. The lowest BCUT2D eigenvalue weighted by atomic mass is 9.99. The fourth-order valence-corrected chi connectivity index (χ4v) is 2.96. The average molecular weight is 358 g/mol. The number of nitrogens with two attached hydrogens (primary N) is 1. The number of rotatable bonds is 4. The van der Waals surface area contributed by atoms with Crippen LogP contribution < -0.4 is 11.2 Å². The summed E-state index contributed by atoms with van der Waals surface area (Å²) >= 11 is 0. The molecule has 26 heavy (non-hydrogen) atoms. The predicted octanol–water partition coefficient (Wildman–Crippen LogP) is 3.12. The fraction of sp³-hybridized carbons (Fsp3) is 0.158. The molecule has 0 spiro atoms. The number of benzene rings is 2. The largest absolute Gasteiger partial charge is 0.477 e. The van der Waals surface area contributed by atoms with E-state index in [2.05, 4.69) is 0 Å². The second kappa shape index (κ2) is 6.68. The molecule has 0 unspecified atom stereocenters. The van der Waals surface area contributed by atoms with Gasteiger partial charge < -0.3 is 15.4 Å². The highest BCUT2D eigenvalue weighted by atomic mass is 19.1. The maximum Gasteiger partial charge on any atom is 0.341 e. The first kappa shape index (κ1) is 17.8. The summed E-state index contributed by atoms with van der Waals surface area (Å²) in [6.07, 6.45) is 1.08. The van der Waals surface area contributed by atoms with E-state index in [1.54, 1.807) is 31.2 Å². The molecule has 0 saturated carbocycles. The first-order valence-corrected chi connectivity index (χ1v) is 7.96. The number of hydrogen-bond donors (Lipinski definition) is 2. The van der Waals surface area contributed by atoms with Crippen LogP contribution in [0.4, 0.5) is 8.78 Å². The van der Waals surface area contributed by atoms with Crippen LogP contribution in [0.5, 0.6) is 0 Å². The molecule has 5 nitrogen and oxygen atoms in total. The van der Waals surface area contributed by atoms with Gasteiger partial charge in [0.2, 0.25) is 5.43 Å². The zero-order valence-electron chi connectivity index (χ0n) is 13.9. The molecule has 2 aromatic carbocycles. The normalized spacial score (nSPS) is 11.1. The van der Waals surface area contributed by atoms with E-state index in [9.17, 15) is 14.0 Å². The number of pyridine rings is 1. The minimum absolute atomic E-state index is 0.123. The van der Waals surface area contributed by atoms with Gasteiger partial charge in [-0.2, -0.15) is 0 Å². The molecule has 0 saturated heterocycles. The lowest BCUT2D eigenvalue weighted by Crippen LogP contribution is -2.20. The van der Waals surface area contributed by atoms with E-state index in [0.717, 1.165) is 17.8 Å². The lowest BCUT2D eigenvalue weighted by Gasteiger charge is -2.14. The van der Waals surface area contributed by atoms with E-state index < -0.39 is 28.6 Å². The van der Waals surface area contributed by atoms with E-state index in [0.29, 0.717) is 12.1 Å². The van der Waals surface area contributed by atoms with Crippen LogP contribution >= 0.6 is 0 Å². The number of hydrogen-bond acceptors (Lipinski definition) is 3. The van der Waals surface area contributed by atoms with Crippen molar-refractivity contribution in [3.63, 3.8) is 0 Å². The van der Waals surface area contributed by atoms with Crippen molar-refractivity contribution in [3.05, 3.63) is 69.5 Å². The van der Waals surface area contributed by atoms with E-state index in [1.165, 1.54) is 4.57 Å². The van der Waals surface area contributed by atoms with Crippen LogP contribution in [0.15, 0.2) is 41.3 Å². The van der Waals surface area contributed by atoms with Gasteiger partial charge >= 0.3 is 5.97 Å². The first-order valence-electron chi connectivity index (χ1n) is 7.96. The molecule has 3 aromatic rings. The highest BCUT2D eigenvalue weighted by molar-refractivity contribution is 5.94. The lowest BCUT2D eigenvalue weighted by molar-refractivity contribution is 0.0695. The Hall–Kier alpha value is -3.06. The molecule has 0 fully saturated rings. The molecular formula is C19H16F2N2O3. The summed E-state index contributed by atoms with van der Waals surface area (Å²) in [5.74, 6) is -3.28. The molecule has 3 rings (SSSR count). The van der Waals surface area contributed by atoms with Crippen LogP contribution in [0, 0.1) is 11.6 Å². The zero-order chi connectivity index (χ0) is 19.0. The second-order valence-electron chi connectivity index (χ2n) is 5.81. The number of carboxylic acid groups (broad SMARTS) is 1. The van der Waals surface area contributed by atoms with Crippen molar-refractivity contribution in [1.29, 1.82) is 0 Å². The molecule has 0 atom stereocenters. The van der Waals surface area contributed by atoms with E-state index in [1.807, 2.05) is 0 Å². The Bertz CT molecular complexity index is 1070. The summed E-state index contributed by atoms with van der Waals surface area (Å²) in [6.45, 7) is 2.19. The molecule has 134 valence electrons. The van der Waals surface area contributed by atoms with Crippen LogP contribution in [-0.4, -0.2) is 15.6 Å². The number of aromatic nitrogens is 1. The molecule has 1 aromatic heterocycles. The maximum absolute atomic E-state index is 15.2. The Kier molecular flexibility index (Phi) is 4.56. The Morgan fingerprint density at radius 1 is 1.23 bits per heavy atom. The topological polar surface area (TPSA) is 85.3 Å². The van der Waals surface area contributed by atoms with Gasteiger partial charge in [0.1, 0.15) is 11.4 Å². The molecule has 0 bridgehead atoms. The number of nitrogens with zero attached hydrogens (tertiary/aromatic N) is 1. The van der Waals surface area contributed by atoms with Crippen LogP contribution in [0.2, 0.25) is 0 Å². The third kappa shape index (κ3) is 2.76. The monoisotopic (exact) mass is 358 g/mol. The summed E-state index contributed by atoms with van der Waals surface area (Å²) in [5.41, 5.74) is 4.80. The molecule has 3 N–H and O–H groups in total. The molecule has 0 aliphatic rings.